The van der Waals surface area contributed by atoms with Gasteiger partial charge in [-0.3, -0.25) is 9.36 Å². The van der Waals surface area contributed by atoms with Gasteiger partial charge < -0.3 is 0 Å². The average molecular weight is 287 g/mol. The lowest BCUT2D eigenvalue weighted by atomic mass is 10.2. The Bertz CT molecular complexity index is 655. The number of aromatic nitrogens is 2. The van der Waals surface area contributed by atoms with Gasteiger partial charge in [0.05, 0.1) is 6.54 Å². The van der Waals surface area contributed by atoms with Gasteiger partial charge in [-0.2, -0.15) is 0 Å². The molecule has 0 aliphatic rings. The van der Waals surface area contributed by atoms with Crippen LogP contribution >= 0.6 is 23.2 Å². The van der Waals surface area contributed by atoms with Gasteiger partial charge in [-0.25, -0.2) is 9.37 Å². The van der Waals surface area contributed by atoms with Crippen molar-refractivity contribution < 1.29 is 4.39 Å². The molecule has 2 aromatic rings. The first-order valence-corrected chi connectivity index (χ1v) is 5.91. The van der Waals surface area contributed by atoms with Crippen LogP contribution in [0.4, 0.5) is 4.39 Å². The maximum Gasteiger partial charge on any atom is 0.255 e. The van der Waals surface area contributed by atoms with E-state index in [0.717, 1.165) is 0 Å². The highest BCUT2D eigenvalue weighted by Crippen LogP contribution is 2.15. The molecule has 1 heterocycles. The summed E-state index contributed by atoms with van der Waals surface area (Å²) < 4.78 is 15.0. The van der Waals surface area contributed by atoms with E-state index in [4.69, 9.17) is 23.2 Å². The van der Waals surface area contributed by atoms with Crippen molar-refractivity contribution >= 4 is 23.2 Å². The first kappa shape index (κ1) is 13.1. The molecule has 0 spiro atoms. The second kappa shape index (κ2) is 5.08. The predicted molar refractivity (Wildman–Crippen MR) is 68.8 cm³/mol. The molecule has 0 aliphatic heterocycles. The van der Waals surface area contributed by atoms with Crippen molar-refractivity contribution in [3.8, 4) is 0 Å². The van der Waals surface area contributed by atoms with E-state index in [9.17, 15) is 9.18 Å². The molecule has 0 fully saturated rings. The lowest BCUT2D eigenvalue weighted by Crippen LogP contribution is -2.23. The number of nitrogens with zero attached hydrogens (tertiary/aromatic N) is 2. The van der Waals surface area contributed by atoms with Crippen LogP contribution in [-0.2, 0) is 6.54 Å². The number of hydrogen-bond acceptors (Lipinski definition) is 2. The van der Waals surface area contributed by atoms with Crippen LogP contribution in [0.3, 0.4) is 0 Å². The van der Waals surface area contributed by atoms with Gasteiger partial charge in [-0.1, -0.05) is 29.3 Å². The minimum absolute atomic E-state index is 0.0951. The number of aryl methyl sites for hydroxylation is 1. The summed E-state index contributed by atoms with van der Waals surface area (Å²) in [5.41, 5.74) is 0.0515. The first-order valence-electron chi connectivity index (χ1n) is 5.15. The number of halogens is 3. The summed E-state index contributed by atoms with van der Waals surface area (Å²) >= 11 is 11.3. The lowest BCUT2D eigenvalue weighted by molar-refractivity contribution is 0.589. The van der Waals surface area contributed by atoms with Gasteiger partial charge in [0.2, 0.25) is 0 Å². The van der Waals surface area contributed by atoms with Crippen molar-refractivity contribution in [3.63, 3.8) is 0 Å². The van der Waals surface area contributed by atoms with Gasteiger partial charge >= 0.3 is 0 Å². The Labute approximate surface area is 113 Å². The highest BCUT2D eigenvalue weighted by Gasteiger charge is 2.08. The van der Waals surface area contributed by atoms with E-state index < -0.39 is 5.82 Å². The van der Waals surface area contributed by atoms with Crippen molar-refractivity contribution in [2.75, 3.05) is 0 Å². The summed E-state index contributed by atoms with van der Waals surface area (Å²) in [6, 6.07) is 5.52. The molecule has 0 unspecified atom stereocenters. The Kier molecular flexibility index (Phi) is 3.68. The monoisotopic (exact) mass is 286 g/mol. The second-order valence-corrected chi connectivity index (χ2v) is 4.61. The zero-order valence-electron chi connectivity index (χ0n) is 9.45. The fourth-order valence-electron chi connectivity index (χ4n) is 1.60. The largest absolute Gasteiger partial charge is 0.292 e. The SMILES string of the molecule is Cc1nc(Cl)cc(=O)n1Cc1ccc(Cl)cc1F. The Morgan fingerprint density at radius 3 is 2.67 bits per heavy atom. The molecule has 0 radical (unpaired) electrons. The van der Waals surface area contributed by atoms with Gasteiger partial charge in [-0.15, -0.1) is 0 Å². The van der Waals surface area contributed by atoms with E-state index in [1.165, 1.54) is 22.8 Å². The highest BCUT2D eigenvalue weighted by molar-refractivity contribution is 6.30. The van der Waals surface area contributed by atoms with E-state index in [1.807, 2.05) is 0 Å². The van der Waals surface area contributed by atoms with E-state index in [0.29, 0.717) is 16.4 Å². The summed E-state index contributed by atoms with van der Waals surface area (Å²) in [7, 11) is 0. The standard InChI is InChI=1S/C12H9Cl2FN2O/c1-7-16-11(14)5-12(18)17(7)6-8-2-3-9(13)4-10(8)15/h2-5H,6H2,1H3. The maximum absolute atomic E-state index is 13.6. The van der Waals surface area contributed by atoms with E-state index in [-0.39, 0.29) is 17.3 Å². The van der Waals surface area contributed by atoms with Gasteiger partial charge in [0.15, 0.2) is 0 Å². The van der Waals surface area contributed by atoms with E-state index >= 15 is 0 Å². The van der Waals surface area contributed by atoms with Crippen molar-refractivity contribution in [1.29, 1.82) is 0 Å². The van der Waals surface area contributed by atoms with Crippen LogP contribution in [0.15, 0.2) is 29.1 Å². The fourth-order valence-corrected chi connectivity index (χ4v) is 1.97. The van der Waals surface area contributed by atoms with Crippen molar-refractivity contribution in [3.05, 3.63) is 62.0 Å². The molecule has 6 heteroatoms. The smallest absolute Gasteiger partial charge is 0.255 e. The molecule has 0 N–H and O–H groups in total. The van der Waals surface area contributed by atoms with Crippen LogP contribution in [0, 0.1) is 12.7 Å². The molecule has 0 atom stereocenters. The lowest BCUT2D eigenvalue weighted by Gasteiger charge is -2.10. The minimum atomic E-state index is -0.455. The molecule has 0 amide bonds. The first-order chi connectivity index (χ1) is 8.47. The Hall–Kier alpha value is -1.39. The molecular weight excluding hydrogens is 278 g/mol. The second-order valence-electron chi connectivity index (χ2n) is 3.79. The van der Waals surface area contributed by atoms with Crippen LogP contribution < -0.4 is 5.56 Å². The molecule has 18 heavy (non-hydrogen) atoms. The van der Waals surface area contributed by atoms with Gasteiger partial charge in [0.1, 0.15) is 16.8 Å². The van der Waals surface area contributed by atoms with Crippen LogP contribution in [-0.4, -0.2) is 9.55 Å². The molecule has 0 saturated carbocycles. The summed E-state index contributed by atoms with van der Waals surface area (Å²) in [5.74, 6) is -0.0226. The van der Waals surface area contributed by atoms with Crippen molar-refractivity contribution in [2.24, 2.45) is 0 Å². The molecule has 3 nitrogen and oxygen atoms in total. The van der Waals surface area contributed by atoms with Crippen LogP contribution in [0.2, 0.25) is 10.2 Å². The normalized spacial score (nSPS) is 10.7. The Balaban J connectivity index is 2.43. The molecule has 1 aromatic carbocycles. The highest BCUT2D eigenvalue weighted by atomic mass is 35.5. The molecule has 0 saturated heterocycles. The van der Waals surface area contributed by atoms with Crippen molar-refractivity contribution in [1.82, 2.24) is 9.55 Å². The minimum Gasteiger partial charge on any atom is -0.292 e. The summed E-state index contributed by atoms with van der Waals surface area (Å²) in [4.78, 5) is 15.7. The third-order valence-electron chi connectivity index (χ3n) is 2.51. The number of benzene rings is 1. The molecule has 2 rings (SSSR count). The average Bonchev–Trinajstić information content (AvgIpc) is 2.25. The topological polar surface area (TPSA) is 34.9 Å². The molecule has 94 valence electrons. The number of rotatable bonds is 2. The summed E-state index contributed by atoms with van der Waals surface area (Å²) in [6.45, 7) is 1.74. The summed E-state index contributed by atoms with van der Waals surface area (Å²) in [6.07, 6.45) is 0. The number of hydrogen-bond donors (Lipinski definition) is 0. The predicted octanol–water partition coefficient (Wildman–Crippen LogP) is 3.05. The van der Waals surface area contributed by atoms with Gasteiger partial charge in [-0.05, 0) is 19.1 Å². The van der Waals surface area contributed by atoms with Crippen LogP contribution in [0.25, 0.3) is 0 Å². The van der Waals surface area contributed by atoms with E-state index in [2.05, 4.69) is 4.98 Å². The fraction of sp³-hybridized carbons (Fsp3) is 0.167. The summed E-state index contributed by atoms with van der Waals surface area (Å²) in [5, 5.41) is 0.444. The third-order valence-corrected chi connectivity index (χ3v) is 2.94. The van der Waals surface area contributed by atoms with E-state index in [1.54, 1.807) is 13.0 Å². The molecule has 0 bridgehead atoms. The molecule has 1 aromatic heterocycles. The third kappa shape index (κ3) is 2.71. The Morgan fingerprint density at radius 2 is 2.06 bits per heavy atom. The van der Waals surface area contributed by atoms with Crippen molar-refractivity contribution in [2.45, 2.75) is 13.5 Å². The molecule has 0 aliphatic carbocycles. The van der Waals surface area contributed by atoms with Crippen LogP contribution in [0.1, 0.15) is 11.4 Å². The van der Waals surface area contributed by atoms with Gasteiger partial charge in [0.25, 0.3) is 5.56 Å². The zero-order valence-corrected chi connectivity index (χ0v) is 11.0. The zero-order chi connectivity index (χ0) is 13.3. The maximum atomic E-state index is 13.6. The quantitative estimate of drug-likeness (QED) is 0.796. The Morgan fingerprint density at radius 1 is 1.33 bits per heavy atom. The van der Waals surface area contributed by atoms with Crippen LogP contribution in [0.5, 0.6) is 0 Å². The van der Waals surface area contributed by atoms with Gasteiger partial charge in [0, 0.05) is 16.7 Å². The molecular formula is C12H9Cl2FN2O.